The summed E-state index contributed by atoms with van der Waals surface area (Å²) < 4.78 is 24.7. The van der Waals surface area contributed by atoms with Crippen molar-refractivity contribution in [3.63, 3.8) is 0 Å². The van der Waals surface area contributed by atoms with Gasteiger partial charge in [-0.25, -0.2) is 4.39 Å². The first-order valence-corrected chi connectivity index (χ1v) is 10.0. The lowest BCUT2D eigenvalue weighted by Crippen LogP contribution is -2.40. The van der Waals surface area contributed by atoms with E-state index in [2.05, 4.69) is 15.9 Å². The van der Waals surface area contributed by atoms with E-state index in [9.17, 15) is 14.0 Å². The second-order valence-corrected chi connectivity index (χ2v) is 7.77. The molecule has 5 nitrogen and oxygen atoms in total. The molecule has 7 heteroatoms. The molecule has 2 aliphatic heterocycles. The van der Waals surface area contributed by atoms with Crippen LogP contribution in [0.5, 0.6) is 11.5 Å². The highest BCUT2D eigenvalue weighted by Gasteiger charge is 2.29. The van der Waals surface area contributed by atoms with Crippen molar-refractivity contribution in [3.05, 3.63) is 57.8 Å². The van der Waals surface area contributed by atoms with E-state index in [4.69, 9.17) is 9.47 Å². The summed E-state index contributed by atoms with van der Waals surface area (Å²) in [6, 6.07) is 9.31. The number of ether oxygens (including phenoxy) is 2. The lowest BCUT2D eigenvalue weighted by Gasteiger charge is -2.31. The van der Waals surface area contributed by atoms with Crippen molar-refractivity contribution in [3.8, 4) is 11.5 Å². The van der Waals surface area contributed by atoms with Crippen molar-refractivity contribution in [2.45, 2.75) is 12.8 Å². The Bertz CT molecular complexity index is 925. The maximum atomic E-state index is 13.3. The predicted molar refractivity (Wildman–Crippen MR) is 104 cm³/mol. The number of carbonyl (C=O) groups is 2. The van der Waals surface area contributed by atoms with E-state index in [1.165, 1.54) is 18.2 Å². The first kappa shape index (κ1) is 18.9. The van der Waals surface area contributed by atoms with Crippen LogP contribution in [-0.4, -0.2) is 42.9 Å². The van der Waals surface area contributed by atoms with Crippen LogP contribution in [-0.2, 0) is 0 Å². The number of Topliss-reactive ketones (excluding diaryl/α,β-unsaturated/α-hetero) is 1. The van der Waals surface area contributed by atoms with Crippen LogP contribution in [0, 0.1) is 11.7 Å². The molecular weight excluding hydrogens is 429 g/mol. The number of hydrogen-bond acceptors (Lipinski definition) is 4. The van der Waals surface area contributed by atoms with Crippen molar-refractivity contribution >= 4 is 27.6 Å². The van der Waals surface area contributed by atoms with Crippen molar-refractivity contribution < 1.29 is 23.5 Å². The molecule has 0 aliphatic carbocycles. The van der Waals surface area contributed by atoms with Gasteiger partial charge < -0.3 is 14.4 Å². The third-order valence-corrected chi connectivity index (χ3v) is 5.80. The number of likely N-dealkylation sites (tertiary alicyclic amines) is 1. The molecule has 2 aromatic rings. The number of amides is 1. The third kappa shape index (κ3) is 3.76. The molecule has 0 saturated carbocycles. The van der Waals surface area contributed by atoms with Gasteiger partial charge in [-0.15, -0.1) is 0 Å². The van der Waals surface area contributed by atoms with E-state index in [1.54, 1.807) is 23.1 Å². The van der Waals surface area contributed by atoms with Crippen LogP contribution in [0.15, 0.2) is 40.9 Å². The normalized spacial score (nSPS) is 16.7. The molecule has 2 aromatic carbocycles. The summed E-state index contributed by atoms with van der Waals surface area (Å²) in [6.07, 6.45) is 1.19. The minimum Gasteiger partial charge on any atom is -0.486 e. The summed E-state index contributed by atoms with van der Waals surface area (Å²) in [5, 5.41) is 0. The van der Waals surface area contributed by atoms with Gasteiger partial charge in [0.1, 0.15) is 19.0 Å². The second-order valence-electron chi connectivity index (χ2n) is 6.91. The average Bonchev–Trinajstić information content (AvgIpc) is 2.72. The Morgan fingerprint density at radius 2 is 1.71 bits per heavy atom. The van der Waals surface area contributed by atoms with Crippen LogP contribution < -0.4 is 9.47 Å². The number of carbonyl (C=O) groups excluding carboxylic acids is 2. The molecule has 146 valence electrons. The maximum Gasteiger partial charge on any atom is 0.255 e. The molecule has 28 heavy (non-hydrogen) atoms. The smallest absolute Gasteiger partial charge is 0.255 e. The summed E-state index contributed by atoms with van der Waals surface area (Å²) in [6.45, 7) is 1.97. The van der Waals surface area contributed by atoms with Gasteiger partial charge in [0.2, 0.25) is 0 Å². The van der Waals surface area contributed by atoms with Crippen molar-refractivity contribution in [1.29, 1.82) is 0 Å². The van der Waals surface area contributed by atoms with Crippen LogP contribution in [0.3, 0.4) is 0 Å². The lowest BCUT2D eigenvalue weighted by molar-refractivity contribution is 0.0649. The number of rotatable bonds is 3. The first-order valence-electron chi connectivity index (χ1n) is 9.21. The van der Waals surface area contributed by atoms with Gasteiger partial charge in [0.25, 0.3) is 5.91 Å². The number of nitrogens with zero attached hydrogens (tertiary/aromatic N) is 1. The first-order chi connectivity index (χ1) is 13.5. The third-order valence-electron chi connectivity index (χ3n) is 5.14. The molecule has 0 spiro atoms. The van der Waals surface area contributed by atoms with Crippen molar-refractivity contribution in [1.82, 2.24) is 4.90 Å². The molecule has 0 aromatic heterocycles. The highest BCUT2D eigenvalue weighted by atomic mass is 79.9. The number of piperidine rings is 1. The van der Waals surface area contributed by atoms with Gasteiger partial charge in [-0.2, -0.15) is 0 Å². The lowest BCUT2D eigenvalue weighted by atomic mass is 9.88. The van der Waals surface area contributed by atoms with Gasteiger partial charge in [0.15, 0.2) is 17.3 Å². The topological polar surface area (TPSA) is 55.8 Å². The molecule has 1 saturated heterocycles. The van der Waals surface area contributed by atoms with Gasteiger partial charge in [0.05, 0.1) is 5.56 Å². The zero-order chi connectivity index (χ0) is 19.7. The van der Waals surface area contributed by atoms with Gasteiger partial charge >= 0.3 is 0 Å². The summed E-state index contributed by atoms with van der Waals surface area (Å²) in [5.74, 6) is 0.638. The van der Waals surface area contributed by atoms with Crippen LogP contribution in [0.4, 0.5) is 4.39 Å². The number of hydrogen-bond donors (Lipinski definition) is 0. The fraction of sp³-hybridized carbons (Fsp3) is 0.333. The van der Waals surface area contributed by atoms with Crippen LogP contribution in [0.25, 0.3) is 0 Å². The van der Waals surface area contributed by atoms with Crippen molar-refractivity contribution in [2.24, 2.45) is 5.92 Å². The largest absolute Gasteiger partial charge is 0.486 e. The van der Waals surface area contributed by atoms with Gasteiger partial charge in [0, 0.05) is 29.0 Å². The molecule has 0 atom stereocenters. The van der Waals surface area contributed by atoms with E-state index in [1.807, 2.05) is 0 Å². The minimum atomic E-state index is -0.396. The minimum absolute atomic E-state index is 0.0621. The standard InChI is InChI=1S/C21H19BrFNO4/c22-17-12-15(23)2-3-16(17)21(26)24-7-5-13(6-8-24)20(25)14-1-4-18-19(11-14)28-10-9-27-18/h1-4,11-13H,5-10H2. The predicted octanol–water partition coefficient (Wildman–Crippen LogP) is 4.09. The van der Waals surface area contributed by atoms with Gasteiger partial charge in [-0.05, 0) is 65.2 Å². The number of halogens is 2. The van der Waals surface area contributed by atoms with E-state index in [0.29, 0.717) is 66.2 Å². The molecular formula is C21H19BrFNO4. The highest BCUT2D eigenvalue weighted by Crippen LogP contribution is 2.33. The summed E-state index contributed by atoms with van der Waals surface area (Å²) in [7, 11) is 0. The summed E-state index contributed by atoms with van der Waals surface area (Å²) >= 11 is 3.25. The summed E-state index contributed by atoms with van der Waals surface area (Å²) in [4.78, 5) is 27.3. The molecule has 4 rings (SSSR count). The highest BCUT2D eigenvalue weighted by molar-refractivity contribution is 9.10. The Hall–Kier alpha value is -2.41. The molecule has 0 bridgehead atoms. The second kappa shape index (κ2) is 7.91. The Labute approximate surface area is 170 Å². The molecule has 0 unspecified atom stereocenters. The molecule has 0 N–H and O–H groups in total. The van der Waals surface area contributed by atoms with Crippen LogP contribution in [0.2, 0.25) is 0 Å². The van der Waals surface area contributed by atoms with E-state index in [0.717, 1.165) is 0 Å². The van der Waals surface area contributed by atoms with E-state index < -0.39 is 5.82 Å². The Morgan fingerprint density at radius 1 is 1.00 bits per heavy atom. The number of fused-ring (bicyclic) bond motifs is 1. The van der Waals surface area contributed by atoms with E-state index in [-0.39, 0.29) is 17.6 Å². The van der Waals surface area contributed by atoms with Crippen LogP contribution in [0.1, 0.15) is 33.6 Å². The van der Waals surface area contributed by atoms with Crippen LogP contribution >= 0.6 is 15.9 Å². The average molecular weight is 448 g/mol. The van der Waals surface area contributed by atoms with Gasteiger partial charge in [-0.1, -0.05) is 0 Å². The zero-order valence-corrected chi connectivity index (χ0v) is 16.7. The number of benzene rings is 2. The fourth-order valence-corrected chi connectivity index (χ4v) is 4.13. The fourth-order valence-electron chi connectivity index (χ4n) is 3.61. The summed E-state index contributed by atoms with van der Waals surface area (Å²) in [5.41, 5.74) is 1.04. The molecule has 2 aliphatic rings. The number of ketones is 1. The molecule has 1 fully saturated rings. The zero-order valence-electron chi connectivity index (χ0n) is 15.1. The monoisotopic (exact) mass is 447 g/mol. The Kier molecular flexibility index (Phi) is 5.35. The molecule has 1 amide bonds. The van der Waals surface area contributed by atoms with E-state index >= 15 is 0 Å². The van der Waals surface area contributed by atoms with Crippen molar-refractivity contribution in [2.75, 3.05) is 26.3 Å². The molecule has 2 heterocycles. The Morgan fingerprint density at radius 3 is 2.43 bits per heavy atom. The quantitative estimate of drug-likeness (QED) is 0.664. The Balaban J connectivity index is 1.41. The maximum absolute atomic E-state index is 13.3. The molecule has 0 radical (unpaired) electrons. The SMILES string of the molecule is O=C(c1ccc2c(c1)OCCO2)C1CCN(C(=O)c2ccc(F)cc2Br)CC1. The van der Waals surface area contributed by atoms with Gasteiger partial charge in [-0.3, -0.25) is 9.59 Å².